The third-order valence-corrected chi connectivity index (χ3v) is 3.61. The number of carbonyl (C=O) groups excluding carboxylic acids is 1. The van der Waals surface area contributed by atoms with Gasteiger partial charge in [0.15, 0.2) is 5.69 Å². The van der Waals surface area contributed by atoms with Crippen molar-refractivity contribution in [1.82, 2.24) is 15.1 Å². The first-order valence-corrected chi connectivity index (χ1v) is 6.44. The van der Waals surface area contributed by atoms with E-state index in [4.69, 9.17) is 0 Å². The highest BCUT2D eigenvalue weighted by atomic mass is 16.2. The van der Waals surface area contributed by atoms with Crippen molar-refractivity contribution in [1.29, 1.82) is 0 Å². The van der Waals surface area contributed by atoms with Crippen LogP contribution in [-0.2, 0) is 7.05 Å². The first-order chi connectivity index (χ1) is 9.16. The quantitative estimate of drug-likeness (QED) is 0.879. The van der Waals surface area contributed by atoms with Crippen LogP contribution in [0, 0.1) is 0 Å². The van der Waals surface area contributed by atoms with Crippen molar-refractivity contribution in [3.8, 4) is 0 Å². The van der Waals surface area contributed by atoms with Crippen molar-refractivity contribution in [2.45, 2.75) is 25.3 Å². The molecule has 0 unspecified atom stereocenters. The van der Waals surface area contributed by atoms with E-state index in [-0.39, 0.29) is 17.5 Å². The molecule has 1 heterocycles. The highest BCUT2D eigenvalue weighted by molar-refractivity contribution is 6.04. The van der Waals surface area contributed by atoms with Crippen LogP contribution >= 0.6 is 0 Å². The number of aromatic nitrogens is 2. The molecular formula is C14H15N3O2. The van der Waals surface area contributed by atoms with E-state index >= 15 is 0 Å². The molecule has 5 heteroatoms. The van der Waals surface area contributed by atoms with Gasteiger partial charge in [0.2, 0.25) is 0 Å². The predicted molar refractivity (Wildman–Crippen MR) is 72.1 cm³/mol. The van der Waals surface area contributed by atoms with Gasteiger partial charge >= 0.3 is 0 Å². The third-order valence-electron chi connectivity index (χ3n) is 3.61. The second kappa shape index (κ2) is 4.50. The smallest absolute Gasteiger partial charge is 0.274 e. The summed E-state index contributed by atoms with van der Waals surface area (Å²) in [6, 6.07) is 7.34. The number of rotatable bonds is 2. The maximum absolute atomic E-state index is 12.2. The van der Waals surface area contributed by atoms with E-state index in [9.17, 15) is 9.59 Å². The van der Waals surface area contributed by atoms with Crippen LogP contribution in [0.5, 0.6) is 0 Å². The maximum Gasteiger partial charge on any atom is 0.274 e. The number of nitrogens with zero attached hydrogens (tertiary/aromatic N) is 2. The Kier molecular flexibility index (Phi) is 2.81. The molecule has 1 N–H and O–H groups in total. The number of hydrogen-bond donors (Lipinski definition) is 1. The molecule has 5 nitrogen and oxygen atoms in total. The van der Waals surface area contributed by atoms with Crippen molar-refractivity contribution in [2.24, 2.45) is 7.05 Å². The number of aryl methyl sites for hydroxylation is 1. The molecule has 1 aromatic heterocycles. The van der Waals surface area contributed by atoms with Gasteiger partial charge in [0.05, 0.1) is 5.39 Å². The zero-order valence-electron chi connectivity index (χ0n) is 10.7. The van der Waals surface area contributed by atoms with E-state index in [0.29, 0.717) is 16.5 Å². The fourth-order valence-corrected chi connectivity index (χ4v) is 2.27. The van der Waals surface area contributed by atoms with E-state index < -0.39 is 0 Å². The molecule has 1 saturated carbocycles. The van der Waals surface area contributed by atoms with Crippen molar-refractivity contribution < 1.29 is 4.79 Å². The lowest BCUT2D eigenvalue weighted by Crippen LogP contribution is -2.40. The van der Waals surface area contributed by atoms with Crippen molar-refractivity contribution >= 4 is 16.7 Å². The van der Waals surface area contributed by atoms with Crippen LogP contribution in [0.25, 0.3) is 10.8 Å². The molecule has 98 valence electrons. The maximum atomic E-state index is 12.2. The molecule has 0 aliphatic heterocycles. The van der Waals surface area contributed by atoms with Gasteiger partial charge in [-0.25, -0.2) is 4.68 Å². The third kappa shape index (κ3) is 2.01. The van der Waals surface area contributed by atoms with Crippen LogP contribution in [-0.4, -0.2) is 21.7 Å². The Morgan fingerprint density at radius 1 is 1.32 bits per heavy atom. The van der Waals surface area contributed by atoms with Gasteiger partial charge in [-0.3, -0.25) is 9.59 Å². The highest BCUT2D eigenvalue weighted by Gasteiger charge is 2.22. The van der Waals surface area contributed by atoms with Gasteiger partial charge in [-0.1, -0.05) is 18.2 Å². The Hall–Kier alpha value is -2.17. The summed E-state index contributed by atoms with van der Waals surface area (Å²) in [4.78, 5) is 24.2. The largest absolute Gasteiger partial charge is 0.348 e. The number of benzene rings is 1. The molecule has 1 aliphatic carbocycles. The molecular weight excluding hydrogens is 242 g/mol. The Morgan fingerprint density at radius 2 is 2.00 bits per heavy atom. The monoisotopic (exact) mass is 257 g/mol. The van der Waals surface area contributed by atoms with Crippen molar-refractivity contribution in [3.05, 3.63) is 40.3 Å². The Labute approximate surface area is 110 Å². The first kappa shape index (κ1) is 11.9. The van der Waals surface area contributed by atoms with Gasteiger partial charge < -0.3 is 5.32 Å². The second-order valence-electron chi connectivity index (χ2n) is 4.92. The summed E-state index contributed by atoms with van der Waals surface area (Å²) in [5.41, 5.74) is 0.139. The number of nitrogens with one attached hydrogen (secondary N) is 1. The average Bonchev–Trinajstić information content (AvgIpc) is 2.38. The van der Waals surface area contributed by atoms with Crippen LogP contribution in [0.1, 0.15) is 29.8 Å². The lowest BCUT2D eigenvalue weighted by molar-refractivity contribution is 0.0911. The average molecular weight is 257 g/mol. The molecule has 3 rings (SSSR count). The zero-order valence-corrected chi connectivity index (χ0v) is 10.7. The lowest BCUT2D eigenvalue weighted by Gasteiger charge is -2.26. The normalized spacial score (nSPS) is 15.2. The molecule has 1 aromatic carbocycles. The zero-order chi connectivity index (χ0) is 13.4. The van der Waals surface area contributed by atoms with Crippen molar-refractivity contribution in [3.63, 3.8) is 0 Å². The number of hydrogen-bond acceptors (Lipinski definition) is 3. The van der Waals surface area contributed by atoms with E-state index in [1.165, 1.54) is 4.68 Å². The molecule has 1 aliphatic rings. The molecule has 0 saturated heterocycles. The Morgan fingerprint density at radius 3 is 2.63 bits per heavy atom. The van der Waals surface area contributed by atoms with Gasteiger partial charge in [0.25, 0.3) is 11.5 Å². The molecule has 0 spiro atoms. The molecule has 0 atom stereocenters. The van der Waals surface area contributed by atoms with Gasteiger partial charge in [-0.2, -0.15) is 5.10 Å². The van der Waals surface area contributed by atoms with Gasteiger partial charge in [0, 0.05) is 18.5 Å². The summed E-state index contributed by atoms with van der Waals surface area (Å²) in [6.45, 7) is 0. The lowest BCUT2D eigenvalue weighted by atomic mass is 9.93. The van der Waals surface area contributed by atoms with Gasteiger partial charge in [-0.15, -0.1) is 0 Å². The first-order valence-electron chi connectivity index (χ1n) is 6.44. The Balaban J connectivity index is 2.09. The standard InChI is InChI=1S/C14H15N3O2/c1-17-14(19)11-8-3-2-7-10(11)12(16-17)13(18)15-9-5-4-6-9/h2-3,7-9H,4-6H2,1H3,(H,15,18). The van der Waals surface area contributed by atoms with Crippen molar-refractivity contribution in [2.75, 3.05) is 0 Å². The summed E-state index contributed by atoms with van der Waals surface area (Å²) < 4.78 is 1.22. The Bertz CT molecular complexity index is 701. The fourth-order valence-electron chi connectivity index (χ4n) is 2.27. The SMILES string of the molecule is Cn1nc(C(=O)NC2CCC2)c2ccccc2c1=O. The van der Waals surface area contributed by atoms with Crippen LogP contribution < -0.4 is 10.9 Å². The molecule has 0 bridgehead atoms. The highest BCUT2D eigenvalue weighted by Crippen LogP contribution is 2.19. The fraction of sp³-hybridized carbons (Fsp3) is 0.357. The van der Waals surface area contributed by atoms with Gasteiger partial charge in [-0.05, 0) is 25.3 Å². The van der Waals surface area contributed by atoms with E-state index in [0.717, 1.165) is 19.3 Å². The van der Waals surface area contributed by atoms with Crippen LogP contribution in [0.15, 0.2) is 29.1 Å². The minimum Gasteiger partial charge on any atom is -0.348 e. The van der Waals surface area contributed by atoms with Crippen LogP contribution in [0.2, 0.25) is 0 Å². The number of amides is 1. The number of fused-ring (bicyclic) bond motifs is 1. The van der Waals surface area contributed by atoms with E-state index in [1.54, 1.807) is 25.2 Å². The summed E-state index contributed by atoms with van der Waals surface area (Å²) in [5.74, 6) is -0.198. The minimum absolute atomic E-state index is 0.184. The predicted octanol–water partition coefficient (Wildman–Crippen LogP) is 1.22. The number of carbonyl (C=O) groups is 1. The molecule has 0 radical (unpaired) electrons. The summed E-state index contributed by atoms with van der Waals surface area (Å²) in [7, 11) is 1.56. The van der Waals surface area contributed by atoms with Crippen LogP contribution in [0.4, 0.5) is 0 Å². The summed E-state index contributed by atoms with van der Waals surface area (Å²) in [6.07, 6.45) is 3.21. The molecule has 19 heavy (non-hydrogen) atoms. The van der Waals surface area contributed by atoms with E-state index in [2.05, 4.69) is 10.4 Å². The summed E-state index contributed by atoms with van der Waals surface area (Å²) >= 11 is 0. The second-order valence-corrected chi connectivity index (χ2v) is 4.92. The van der Waals surface area contributed by atoms with Crippen LogP contribution in [0.3, 0.4) is 0 Å². The minimum atomic E-state index is -0.198. The molecule has 1 fully saturated rings. The molecule has 2 aromatic rings. The van der Waals surface area contributed by atoms with E-state index in [1.807, 2.05) is 6.07 Å². The van der Waals surface area contributed by atoms with Gasteiger partial charge in [0.1, 0.15) is 0 Å². The topological polar surface area (TPSA) is 64.0 Å². The summed E-state index contributed by atoms with van der Waals surface area (Å²) in [5, 5.41) is 8.20. The molecule has 1 amide bonds.